The Bertz CT molecular complexity index is 662. The molecular weight excluding hydrogens is 312 g/mol. The van der Waals surface area contributed by atoms with Crippen molar-refractivity contribution in [3.05, 3.63) is 29.3 Å². The van der Waals surface area contributed by atoms with E-state index in [0.29, 0.717) is 19.6 Å². The van der Waals surface area contributed by atoms with Gasteiger partial charge in [0.25, 0.3) is 0 Å². The summed E-state index contributed by atoms with van der Waals surface area (Å²) < 4.78 is 10.3. The van der Waals surface area contributed by atoms with E-state index in [0.717, 1.165) is 24.9 Å². The molecule has 1 aromatic carbocycles. The average molecular weight is 334 g/mol. The summed E-state index contributed by atoms with van der Waals surface area (Å²) >= 11 is 0. The van der Waals surface area contributed by atoms with Gasteiger partial charge in [-0.05, 0) is 37.1 Å². The molecule has 2 aliphatic heterocycles. The maximum atomic E-state index is 11.7. The Kier molecular flexibility index (Phi) is 4.36. The number of carbonyl (C=O) groups is 2. The molecule has 0 aromatic heterocycles. The molecule has 0 unspecified atom stereocenters. The molecule has 1 atom stereocenters. The number of benzene rings is 1. The van der Waals surface area contributed by atoms with Crippen LogP contribution in [0.25, 0.3) is 0 Å². The molecule has 2 aliphatic rings. The molecule has 2 heterocycles. The second-order valence-electron chi connectivity index (χ2n) is 6.56. The van der Waals surface area contributed by atoms with Gasteiger partial charge in [-0.1, -0.05) is 6.07 Å². The van der Waals surface area contributed by atoms with Gasteiger partial charge in [-0.3, -0.25) is 4.90 Å². The summed E-state index contributed by atoms with van der Waals surface area (Å²) in [7, 11) is 3.03. The fourth-order valence-corrected chi connectivity index (χ4v) is 3.54. The SMILES string of the molecule is COC(=O)c1cc(CN2CCC[C@@]3(C2)CN(C)C(=O)O3)ccc1O. The van der Waals surface area contributed by atoms with Crippen molar-refractivity contribution in [2.75, 3.05) is 33.8 Å². The van der Waals surface area contributed by atoms with Crippen LogP contribution in [0.3, 0.4) is 0 Å². The zero-order valence-corrected chi connectivity index (χ0v) is 13.9. The van der Waals surface area contributed by atoms with Gasteiger partial charge in [0, 0.05) is 20.1 Å². The highest BCUT2D eigenvalue weighted by Gasteiger charge is 2.46. The summed E-state index contributed by atoms with van der Waals surface area (Å²) in [6, 6.07) is 4.94. The number of phenolic OH excluding ortho intramolecular Hbond substituents is 1. The van der Waals surface area contributed by atoms with E-state index in [1.165, 1.54) is 13.2 Å². The summed E-state index contributed by atoms with van der Waals surface area (Å²) in [4.78, 5) is 27.2. The van der Waals surface area contributed by atoms with Crippen molar-refractivity contribution in [1.29, 1.82) is 0 Å². The number of phenols is 1. The van der Waals surface area contributed by atoms with E-state index in [-0.39, 0.29) is 17.4 Å². The molecule has 1 N–H and O–H groups in total. The number of likely N-dealkylation sites (N-methyl/N-ethyl adjacent to an activating group) is 1. The minimum Gasteiger partial charge on any atom is -0.507 e. The number of methoxy groups -OCH3 is 1. The Morgan fingerprint density at radius 3 is 2.88 bits per heavy atom. The topological polar surface area (TPSA) is 79.3 Å². The number of aromatic hydroxyl groups is 1. The molecular formula is C17H22N2O5. The number of nitrogens with zero attached hydrogens (tertiary/aromatic N) is 2. The highest BCUT2D eigenvalue weighted by Crippen LogP contribution is 2.32. The molecule has 0 bridgehead atoms. The minimum absolute atomic E-state index is 0.0907. The predicted octanol–water partition coefficient (Wildman–Crippen LogP) is 1.60. The highest BCUT2D eigenvalue weighted by atomic mass is 16.6. The van der Waals surface area contributed by atoms with Crippen LogP contribution in [-0.4, -0.2) is 66.4 Å². The minimum atomic E-state index is -0.559. The highest BCUT2D eigenvalue weighted by molar-refractivity contribution is 5.92. The zero-order chi connectivity index (χ0) is 17.3. The zero-order valence-electron chi connectivity index (χ0n) is 13.9. The Hall–Kier alpha value is -2.28. The normalized spacial score (nSPS) is 24.2. The molecule has 7 nitrogen and oxygen atoms in total. The fourth-order valence-electron chi connectivity index (χ4n) is 3.54. The monoisotopic (exact) mass is 334 g/mol. The standard InChI is InChI=1S/C17H22N2O5/c1-18-10-17(24-16(18)22)6-3-7-19(11-17)9-12-4-5-14(20)13(8-12)15(21)23-2/h4-5,8,20H,3,6-7,9-11H2,1-2H3/t17-/m0/s1. The van der Waals surface area contributed by atoms with Gasteiger partial charge >= 0.3 is 12.1 Å². The van der Waals surface area contributed by atoms with Gasteiger partial charge in [0.15, 0.2) is 0 Å². The van der Waals surface area contributed by atoms with Gasteiger partial charge in [0.2, 0.25) is 0 Å². The van der Waals surface area contributed by atoms with E-state index in [4.69, 9.17) is 4.74 Å². The lowest BCUT2D eigenvalue weighted by Gasteiger charge is -2.38. The number of piperidine rings is 1. The molecule has 130 valence electrons. The molecule has 1 spiro atoms. The second-order valence-corrected chi connectivity index (χ2v) is 6.56. The number of carbonyl (C=O) groups excluding carboxylic acids is 2. The summed E-state index contributed by atoms with van der Waals surface area (Å²) in [5.74, 6) is -0.650. The molecule has 0 radical (unpaired) electrons. The Balaban J connectivity index is 1.72. The Morgan fingerprint density at radius 1 is 1.42 bits per heavy atom. The van der Waals surface area contributed by atoms with E-state index < -0.39 is 11.6 Å². The largest absolute Gasteiger partial charge is 0.507 e. The molecule has 1 aromatic rings. The smallest absolute Gasteiger partial charge is 0.410 e. The van der Waals surface area contributed by atoms with Gasteiger partial charge in [-0.2, -0.15) is 0 Å². The van der Waals surface area contributed by atoms with E-state index in [2.05, 4.69) is 9.64 Å². The van der Waals surface area contributed by atoms with E-state index in [9.17, 15) is 14.7 Å². The number of likely N-dealkylation sites (tertiary alicyclic amines) is 1. The van der Waals surface area contributed by atoms with Gasteiger partial charge < -0.3 is 19.5 Å². The number of rotatable bonds is 3. The van der Waals surface area contributed by atoms with Crippen LogP contribution >= 0.6 is 0 Å². The number of ether oxygens (including phenoxy) is 2. The lowest BCUT2D eigenvalue weighted by molar-refractivity contribution is -0.0113. The molecule has 24 heavy (non-hydrogen) atoms. The predicted molar refractivity (Wildman–Crippen MR) is 85.8 cm³/mol. The molecule has 1 amide bonds. The molecule has 0 saturated carbocycles. The van der Waals surface area contributed by atoms with Crippen LogP contribution in [0.15, 0.2) is 18.2 Å². The van der Waals surface area contributed by atoms with Crippen molar-refractivity contribution >= 4 is 12.1 Å². The number of hydrogen-bond acceptors (Lipinski definition) is 6. The number of amides is 1. The summed E-state index contributed by atoms with van der Waals surface area (Å²) in [5.41, 5.74) is 0.628. The van der Waals surface area contributed by atoms with Crippen LogP contribution in [-0.2, 0) is 16.0 Å². The lowest BCUT2D eigenvalue weighted by Crippen LogP contribution is -2.50. The third-order valence-electron chi connectivity index (χ3n) is 4.63. The van der Waals surface area contributed by atoms with Gasteiger partial charge in [-0.15, -0.1) is 0 Å². The van der Waals surface area contributed by atoms with Crippen molar-refractivity contribution in [1.82, 2.24) is 9.80 Å². The third-order valence-corrected chi connectivity index (χ3v) is 4.63. The van der Waals surface area contributed by atoms with E-state index in [1.54, 1.807) is 24.1 Å². The van der Waals surface area contributed by atoms with Crippen LogP contribution in [0.1, 0.15) is 28.8 Å². The molecule has 3 rings (SSSR count). The molecule has 7 heteroatoms. The Morgan fingerprint density at radius 2 is 2.21 bits per heavy atom. The average Bonchev–Trinajstić information content (AvgIpc) is 2.82. The first-order valence-corrected chi connectivity index (χ1v) is 7.99. The molecule has 2 saturated heterocycles. The van der Waals surface area contributed by atoms with Crippen LogP contribution in [0.2, 0.25) is 0 Å². The van der Waals surface area contributed by atoms with Gasteiger partial charge in [-0.25, -0.2) is 9.59 Å². The Labute approximate surface area is 140 Å². The molecule has 2 fully saturated rings. The fraction of sp³-hybridized carbons (Fsp3) is 0.529. The summed E-state index contributed by atoms with van der Waals surface area (Å²) in [5, 5.41) is 9.79. The van der Waals surface area contributed by atoms with Crippen LogP contribution < -0.4 is 0 Å². The van der Waals surface area contributed by atoms with Crippen LogP contribution in [0.4, 0.5) is 4.79 Å². The lowest BCUT2D eigenvalue weighted by atomic mass is 9.92. The molecule has 0 aliphatic carbocycles. The van der Waals surface area contributed by atoms with E-state index in [1.807, 2.05) is 0 Å². The maximum absolute atomic E-state index is 11.7. The first kappa shape index (κ1) is 16.6. The van der Waals surface area contributed by atoms with Crippen molar-refractivity contribution in [3.8, 4) is 5.75 Å². The second kappa shape index (κ2) is 6.32. The maximum Gasteiger partial charge on any atom is 0.410 e. The first-order valence-electron chi connectivity index (χ1n) is 7.99. The first-order chi connectivity index (χ1) is 11.4. The van der Waals surface area contributed by atoms with E-state index >= 15 is 0 Å². The van der Waals surface area contributed by atoms with Crippen molar-refractivity contribution in [3.63, 3.8) is 0 Å². The third kappa shape index (κ3) is 3.17. The number of esters is 1. The van der Waals surface area contributed by atoms with Crippen LogP contribution in [0, 0.1) is 0 Å². The van der Waals surface area contributed by atoms with Gasteiger partial charge in [0.05, 0.1) is 13.7 Å². The quantitative estimate of drug-likeness (QED) is 0.846. The van der Waals surface area contributed by atoms with Crippen LogP contribution in [0.5, 0.6) is 5.75 Å². The van der Waals surface area contributed by atoms with Crippen molar-refractivity contribution in [2.24, 2.45) is 0 Å². The van der Waals surface area contributed by atoms with Gasteiger partial charge in [0.1, 0.15) is 16.9 Å². The van der Waals surface area contributed by atoms with Crippen molar-refractivity contribution in [2.45, 2.75) is 25.0 Å². The van der Waals surface area contributed by atoms with Crippen molar-refractivity contribution < 1.29 is 24.2 Å². The summed E-state index contributed by atoms with van der Waals surface area (Å²) in [6.45, 7) is 2.79. The number of hydrogen-bond donors (Lipinski definition) is 1. The summed E-state index contributed by atoms with van der Waals surface area (Å²) in [6.07, 6.45) is 1.54.